The fourth-order valence-corrected chi connectivity index (χ4v) is 0.279. The fraction of sp³-hybridized carbons (Fsp3) is 0.857. The number of unbranched alkanes of at least 4 members (excludes halogenated alkanes) is 1. The van der Waals surface area contributed by atoms with Gasteiger partial charge in [0, 0.05) is 6.54 Å². The second kappa shape index (κ2) is 10.3. The lowest BCUT2D eigenvalue weighted by Crippen LogP contribution is -2.22. The van der Waals surface area contributed by atoms with Crippen LogP contribution in [0.1, 0.15) is 26.7 Å². The molecule has 0 bridgehead atoms. The molecule has 0 fully saturated rings. The highest BCUT2D eigenvalue weighted by atomic mass is 16.4. The number of hydrogen-bond donors (Lipinski definition) is 4. The SMILES string of the molecule is CC(O)C(=O)O.CCCCNN. The van der Waals surface area contributed by atoms with Gasteiger partial charge in [0.25, 0.3) is 0 Å². The van der Waals surface area contributed by atoms with Crippen molar-refractivity contribution in [3.63, 3.8) is 0 Å². The number of nitrogens with two attached hydrogens (primary N) is 1. The summed E-state index contributed by atoms with van der Waals surface area (Å²) in [7, 11) is 0. The van der Waals surface area contributed by atoms with E-state index in [2.05, 4.69) is 12.3 Å². The summed E-state index contributed by atoms with van der Waals surface area (Å²) < 4.78 is 0. The molecule has 1 atom stereocenters. The van der Waals surface area contributed by atoms with Crippen LogP contribution < -0.4 is 11.3 Å². The standard InChI is InChI=1S/C4H12N2.C3H6O3/c1-2-3-4-6-5;1-2(4)3(5)6/h6H,2-5H2,1H3;2,4H,1H3,(H,5,6). The Morgan fingerprint density at radius 2 is 2.08 bits per heavy atom. The molecule has 0 aromatic carbocycles. The van der Waals surface area contributed by atoms with Gasteiger partial charge in [-0.3, -0.25) is 11.3 Å². The third-order valence-corrected chi connectivity index (χ3v) is 1.03. The van der Waals surface area contributed by atoms with Crippen molar-refractivity contribution >= 4 is 5.97 Å². The van der Waals surface area contributed by atoms with Crippen LogP contribution in [0, 0.1) is 0 Å². The van der Waals surface area contributed by atoms with Gasteiger partial charge >= 0.3 is 5.97 Å². The van der Waals surface area contributed by atoms with Crippen LogP contribution in [0.2, 0.25) is 0 Å². The Bertz CT molecular complexity index is 103. The lowest BCUT2D eigenvalue weighted by Gasteiger charge is -1.89. The number of hydrogen-bond acceptors (Lipinski definition) is 4. The molecule has 0 heterocycles. The van der Waals surface area contributed by atoms with Crippen LogP contribution in [-0.2, 0) is 4.79 Å². The summed E-state index contributed by atoms with van der Waals surface area (Å²) >= 11 is 0. The summed E-state index contributed by atoms with van der Waals surface area (Å²) in [6.45, 7) is 4.27. The quantitative estimate of drug-likeness (QED) is 0.269. The third-order valence-electron chi connectivity index (χ3n) is 1.03. The lowest BCUT2D eigenvalue weighted by atomic mass is 10.3. The number of aliphatic hydroxyl groups is 1. The molecule has 0 saturated carbocycles. The number of rotatable bonds is 4. The zero-order valence-electron chi connectivity index (χ0n) is 7.58. The molecule has 0 aromatic heterocycles. The summed E-state index contributed by atoms with van der Waals surface area (Å²) in [4.78, 5) is 9.45. The van der Waals surface area contributed by atoms with Gasteiger partial charge in [0.1, 0.15) is 6.10 Å². The van der Waals surface area contributed by atoms with Gasteiger partial charge in [0.2, 0.25) is 0 Å². The Morgan fingerprint density at radius 3 is 2.17 bits per heavy atom. The summed E-state index contributed by atoms with van der Waals surface area (Å²) in [6.07, 6.45) is 1.16. The number of aliphatic hydroxyl groups excluding tert-OH is 1. The van der Waals surface area contributed by atoms with Crippen molar-refractivity contribution in [2.24, 2.45) is 5.84 Å². The molecule has 0 saturated heterocycles. The molecule has 1 unspecified atom stereocenters. The second-order valence-electron chi connectivity index (χ2n) is 2.32. The Morgan fingerprint density at radius 1 is 1.67 bits per heavy atom. The first kappa shape index (κ1) is 13.9. The number of carboxylic acid groups (broad SMARTS) is 1. The minimum Gasteiger partial charge on any atom is -0.479 e. The lowest BCUT2D eigenvalue weighted by molar-refractivity contribution is -0.145. The third kappa shape index (κ3) is 16.2. The molecular formula is C7H18N2O3. The van der Waals surface area contributed by atoms with E-state index in [9.17, 15) is 4.79 Å². The van der Waals surface area contributed by atoms with Crippen molar-refractivity contribution in [3.8, 4) is 0 Å². The van der Waals surface area contributed by atoms with Crippen molar-refractivity contribution in [2.75, 3.05) is 6.54 Å². The van der Waals surface area contributed by atoms with E-state index in [1.807, 2.05) is 0 Å². The maximum atomic E-state index is 9.45. The normalized spacial score (nSPS) is 11.3. The Balaban J connectivity index is 0. The van der Waals surface area contributed by atoms with Gasteiger partial charge in [-0.1, -0.05) is 13.3 Å². The van der Waals surface area contributed by atoms with E-state index in [4.69, 9.17) is 16.1 Å². The fourth-order valence-electron chi connectivity index (χ4n) is 0.279. The molecule has 5 heteroatoms. The zero-order chi connectivity index (χ0) is 9.98. The molecule has 0 aromatic rings. The molecule has 74 valence electrons. The molecule has 5 N–H and O–H groups in total. The van der Waals surface area contributed by atoms with Crippen molar-refractivity contribution < 1.29 is 15.0 Å². The summed E-state index contributed by atoms with van der Waals surface area (Å²) in [6, 6.07) is 0. The van der Waals surface area contributed by atoms with Crippen molar-refractivity contribution in [2.45, 2.75) is 32.8 Å². The minimum atomic E-state index is -1.23. The van der Waals surface area contributed by atoms with Crippen LogP contribution in [0.5, 0.6) is 0 Å². The highest BCUT2D eigenvalue weighted by molar-refractivity contribution is 5.71. The Labute approximate surface area is 72.5 Å². The van der Waals surface area contributed by atoms with E-state index in [0.29, 0.717) is 0 Å². The summed E-state index contributed by atoms with van der Waals surface area (Å²) in [5.74, 6) is 3.78. The molecule has 0 amide bonds. The van der Waals surface area contributed by atoms with E-state index in [0.717, 1.165) is 6.54 Å². The number of carboxylic acids is 1. The van der Waals surface area contributed by atoms with Gasteiger partial charge in [-0.25, -0.2) is 4.79 Å². The van der Waals surface area contributed by atoms with E-state index < -0.39 is 12.1 Å². The van der Waals surface area contributed by atoms with Crippen LogP contribution in [0.15, 0.2) is 0 Å². The highest BCUT2D eigenvalue weighted by Crippen LogP contribution is 1.78. The maximum Gasteiger partial charge on any atom is 0.332 e. The van der Waals surface area contributed by atoms with Gasteiger partial charge in [-0.2, -0.15) is 0 Å². The molecule has 5 nitrogen and oxygen atoms in total. The molecule has 0 spiro atoms. The number of aliphatic carboxylic acids is 1. The first-order valence-corrected chi connectivity index (χ1v) is 3.90. The Hall–Kier alpha value is -0.650. The second-order valence-corrected chi connectivity index (χ2v) is 2.32. The van der Waals surface area contributed by atoms with Gasteiger partial charge in [0.15, 0.2) is 0 Å². The van der Waals surface area contributed by atoms with Crippen molar-refractivity contribution in [3.05, 3.63) is 0 Å². The smallest absolute Gasteiger partial charge is 0.332 e. The van der Waals surface area contributed by atoms with E-state index >= 15 is 0 Å². The molecule has 0 radical (unpaired) electrons. The summed E-state index contributed by atoms with van der Waals surface area (Å²) in [5, 5.41) is 15.8. The predicted molar refractivity (Wildman–Crippen MR) is 46.4 cm³/mol. The van der Waals surface area contributed by atoms with Crippen LogP contribution in [0.3, 0.4) is 0 Å². The van der Waals surface area contributed by atoms with Crippen molar-refractivity contribution in [1.82, 2.24) is 5.43 Å². The highest BCUT2D eigenvalue weighted by Gasteiger charge is 2.01. The first-order chi connectivity index (χ1) is 5.56. The van der Waals surface area contributed by atoms with Crippen LogP contribution in [0.4, 0.5) is 0 Å². The predicted octanol–water partition coefficient (Wildman–Crippen LogP) is -0.298. The number of carbonyl (C=O) groups is 1. The molecule has 0 aliphatic heterocycles. The van der Waals surface area contributed by atoms with E-state index in [1.165, 1.54) is 19.8 Å². The molecular weight excluding hydrogens is 160 g/mol. The van der Waals surface area contributed by atoms with Crippen LogP contribution in [0.25, 0.3) is 0 Å². The monoisotopic (exact) mass is 178 g/mol. The van der Waals surface area contributed by atoms with Crippen LogP contribution >= 0.6 is 0 Å². The first-order valence-electron chi connectivity index (χ1n) is 3.90. The average molecular weight is 178 g/mol. The van der Waals surface area contributed by atoms with Gasteiger partial charge in [-0.05, 0) is 13.3 Å². The molecule has 12 heavy (non-hydrogen) atoms. The molecule has 0 rings (SSSR count). The number of hydrazine groups is 1. The number of nitrogens with one attached hydrogen (secondary N) is 1. The average Bonchev–Trinajstić information content (AvgIpc) is 2.02. The van der Waals surface area contributed by atoms with Gasteiger partial charge in [0.05, 0.1) is 0 Å². The van der Waals surface area contributed by atoms with Gasteiger partial charge < -0.3 is 10.2 Å². The minimum absolute atomic E-state index is 0.941. The van der Waals surface area contributed by atoms with Crippen molar-refractivity contribution in [1.29, 1.82) is 0 Å². The zero-order valence-corrected chi connectivity index (χ0v) is 7.58. The summed E-state index contributed by atoms with van der Waals surface area (Å²) in [5.41, 5.74) is 2.57. The Kier molecular flexibility index (Phi) is 12.0. The molecule has 0 aliphatic rings. The van der Waals surface area contributed by atoms with E-state index in [1.54, 1.807) is 0 Å². The topological polar surface area (TPSA) is 95.6 Å². The van der Waals surface area contributed by atoms with Gasteiger partial charge in [-0.15, -0.1) is 0 Å². The van der Waals surface area contributed by atoms with E-state index in [-0.39, 0.29) is 0 Å². The van der Waals surface area contributed by atoms with Crippen LogP contribution in [-0.4, -0.2) is 28.8 Å². The largest absolute Gasteiger partial charge is 0.479 e. The molecule has 0 aliphatic carbocycles. The maximum absolute atomic E-state index is 9.45.